The minimum absolute atomic E-state index is 0.615. The van der Waals surface area contributed by atoms with E-state index >= 15 is 0 Å². The van der Waals surface area contributed by atoms with Crippen LogP contribution in [0.2, 0.25) is 0 Å². The summed E-state index contributed by atoms with van der Waals surface area (Å²) in [6.45, 7) is 0. The highest BCUT2D eigenvalue weighted by Gasteiger charge is 2.19. The summed E-state index contributed by atoms with van der Waals surface area (Å²) in [6.07, 6.45) is 0. The quantitative estimate of drug-likeness (QED) is 0.153. The number of aromatic nitrogens is 3. The van der Waals surface area contributed by atoms with Gasteiger partial charge in [0.2, 0.25) is 0 Å². The Morgan fingerprint density at radius 3 is 1.15 bits per heavy atom. The lowest BCUT2D eigenvalue weighted by Gasteiger charge is -2.14. The average molecular weight is 830 g/mol. The molecule has 0 bridgehead atoms. The first-order chi connectivity index (χ1) is 32.2. The van der Waals surface area contributed by atoms with Crippen molar-refractivity contribution in [1.82, 2.24) is 15.0 Å². The van der Waals surface area contributed by atoms with Gasteiger partial charge < -0.3 is 4.42 Å². The zero-order valence-corrected chi connectivity index (χ0v) is 35.3. The summed E-state index contributed by atoms with van der Waals surface area (Å²) in [5.74, 6) is 1.86. The van der Waals surface area contributed by atoms with Crippen molar-refractivity contribution in [3.8, 4) is 89.8 Å². The Kier molecular flexibility index (Phi) is 9.46. The normalized spacial score (nSPS) is 11.4. The number of furan rings is 1. The van der Waals surface area contributed by atoms with Gasteiger partial charge in [0, 0.05) is 27.5 Å². The fraction of sp³-hybridized carbons (Fsp3) is 0. The van der Waals surface area contributed by atoms with E-state index in [1.54, 1.807) is 0 Å². The van der Waals surface area contributed by atoms with Gasteiger partial charge in [-0.2, -0.15) is 0 Å². The number of hydrogen-bond donors (Lipinski definition) is 0. The molecular formula is C61H39N3O. The summed E-state index contributed by atoms with van der Waals surface area (Å²) in [6, 6.07) is 83.0. The highest BCUT2D eigenvalue weighted by Crippen LogP contribution is 2.39. The highest BCUT2D eigenvalue weighted by atomic mass is 16.3. The lowest BCUT2D eigenvalue weighted by Crippen LogP contribution is -2.02. The molecule has 4 heteroatoms. The van der Waals surface area contributed by atoms with Crippen molar-refractivity contribution in [2.24, 2.45) is 0 Å². The molecule has 2 aromatic heterocycles. The van der Waals surface area contributed by atoms with Crippen LogP contribution < -0.4 is 0 Å². The van der Waals surface area contributed by atoms with Crippen molar-refractivity contribution < 1.29 is 4.42 Å². The summed E-state index contributed by atoms with van der Waals surface area (Å²) >= 11 is 0. The summed E-state index contributed by atoms with van der Waals surface area (Å²) in [5, 5.41) is 4.67. The molecule has 0 spiro atoms. The van der Waals surface area contributed by atoms with E-state index in [0.29, 0.717) is 17.5 Å². The summed E-state index contributed by atoms with van der Waals surface area (Å²) in [7, 11) is 0. The molecule has 0 atom stereocenters. The summed E-state index contributed by atoms with van der Waals surface area (Å²) < 4.78 is 6.09. The van der Waals surface area contributed by atoms with Crippen LogP contribution in [-0.4, -0.2) is 15.0 Å². The number of hydrogen-bond acceptors (Lipinski definition) is 4. The van der Waals surface area contributed by atoms with Crippen LogP contribution in [0.4, 0.5) is 0 Å². The Labute approximate surface area is 376 Å². The Hall–Kier alpha value is -8.73. The zero-order valence-electron chi connectivity index (χ0n) is 35.3. The highest BCUT2D eigenvalue weighted by molar-refractivity contribution is 6.07. The fourth-order valence-corrected chi connectivity index (χ4v) is 9.19. The number of fused-ring (bicyclic) bond motifs is 4. The van der Waals surface area contributed by atoms with Crippen LogP contribution >= 0.6 is 0 Å². The molecule has 2 heterocycles. The smallest absolute Gasteiger partial charge is 0.164 e. The summed E-state index contributed by atoms with van der Waals surface area (Å²) in [4.78, 5) is 15.6. The van der Waals surface area contributed by atoms with Gasteiger partial charge in [-0.05, 0) is 84.6 Å². The second-order valence-electron chi connectivity index (χ2n) is 16.3. The molecule has 0 amide bonds. The molecule has 0 aliphatic carbocycles. The number of benzene rings is 10. The van der Waals surface area contributed by atoms with E-state index in [1.165, 1.54) is 33.0 Å². The van der Waals surface area contributed by atoms with Gasteiger partial charge in [-0.25, -0.2) is 15.0 Å². The molecule has 0 radical (unpaired) electrons. The maximum absolute atomic E-state index is 6.09. The minimum atomic E-state index is 0.615. The molecule has 0 saturated heterocycles. The first-order valence-corrected chi connectivity index (χ1v) is 21.9. The molecule has 0 unspecified atom stereocenters. The number of nitrogens with zero attached hydrogens (tertiary/aromatic N) is 3. The molecule has 0 N–H and O–H groups in total. The Balaban J connectivity index is 0.911. The second kappa shape index (κ2) is 16.2. The predicted octanol–water partition coefficient (Wildman–Crippen LogP) is 16.3. The van der Waals surface area contributed by atoms with Crippen LogP contribution in [0.15, 0.2) is 241 Å². The topological polar surface area (TPSA) is 51.8 Å². The van der Waals surface area contributed by atoms with Crippen LogP contribution in [0.3, 0.4) is 0 Å². The predicted molar refractivity (Wildman–Crippen MR) is 268 cm³/mol. The van der Waals surface area contributed by atoms with Crippen molar-refractivity contribution >= 4 is 32.7 Å². The lowest BCUT2D eigenvalue weighted by atomic mass is 9.91. The minimum Gasteiger partial charge on any atom is -0.456 e. The van der Waals surface area contributed by atoms with Crippen molar-refractivity contribution in [2.45, 2.75) is 0 Å². The van der Waals surface area contributed by atoms with Gasteiger partial charge >= 0.3 is 0 Å². The summed E-state index contributed by atoms with van der Waals surface area (Å²) in [5.41, 5.74) is 15.9. The van der Waals surface area contributed by atoms with Crippen LogP contribution in [0, 0.1) is 0 Å². The average Bonchev–Trinajstić information content (AvgIpc) is 3.77. The molecular weight excluding hydrogens is 791 g/mol. The van der Waals surface area contributed by atoms with Crippen molar-refractivity contribution in [3.05, 3.63) is 237 Å². The second-order valence-corrected chi connectivity index (χ2v) is 16.3. The number of rotatable bonds is 8. The van der Waals surface area contributed by atoms with Crippen molar-refractivity contribution in [3.63, 3.8) is 0 Å². The zero-order chi connectivity index (χ0) is 43.1. The third kappa shape index (κ3) is 7.04. The molecule has 65 heavy (non-hydrogen) atoms. The van der Waals surface area contributed by atoms with Gasteiger partial charge in [-0.3, -0.25) is 0 Å². The third-order valence-corrected chi connectivity index (χ3v) is 12.4. The fourth-order valence-electron chi connectivity index (χ4n) is 9.19. The molecule has 12 aromatic rings. The molecule has 0 saturated carbocycles. The van der Waals surface area contributed by atoms with Crippen LogP contribution in [-0.2, 0) is 0 Å². The van der Waals surface area contributed by atoms with Gasteiger partial charge in [0.05, 0.1) is 0 Å². The van der Waals surface area contributed by atoms with Crippen LogP contribution in [0.25, 0.3) is 123 Å². The monoisotopic (exact) mass is 829 g/mol. The maximum Gasteiger partial charge on any atom is 0.164 e. The van der Waals surface area contributed by atoms with E-state index in [1.807, 2.05) is 36.4 Å². The van der Waals surface area contributed by atoms with Crippen LogP contribution in [0.1, 0.15) is 0 Å². The van der Waals surface area contributed by atoms with Gasteiger partial charge in [-0.15, -0.1) is 0 Å². The molecule has 0 aliphatic heterocycles. The SMILES string of the molecule is c1ccc(-c2ccccc2-c2nc(-c3ccc(-c4ccc(-c5ccc(-c6ccc7oc8ccccc8c7c6)cc5)c5ccccc45)cc3)nc(-c3ccccc3-c3ccccc3)n2)cc1. The molecule has 4 nitrogen and oxygen atoms in total. The van der Waals surface area contributed by atoms with Crippen LogP contribution in [0.5, 0.6) is 0 Å². The van der Waals surface area contributed by atoms with E-state index in [4.69, 9.17) is 19.4 Å². The van der Waals surface area contributed by atoms with Crippen molar-refractivity contribution in [1.29, 1.82) is 0 Å². The first-order valence-electron chi connectivity index (χ1n) is 21.9. The van der Waals surface area contributed by atoms with E-state index in [-0.39, 0.29) is 0 Å². The van der Waals surface area contributed by atoms with Gasteiger partial charge in [0.1, 0.15) is 11.2 Å². The van der Waals surface area contributed by atoms with E-state index in [0.717, 1.165) is 72.0 Å². The number of para-hydroxylation sites is 1. The van der Waals surface area contributed by atoms with E-state index in [9.17, 15) is 0 Å². The lowest BCUT2D eigenvalue weighted by molar-refractivity contribution is 0.669. The maximum atomic E-state index is 6.09. The molecule has 0 aliphatic rings. The van der Waals surface area contributed by atoms with E-state index < -0.39 is 0 Å². The largest absolute Gasteiger partial charge is 0.456 e. The molecule has 10 aromatic carbocycles. The molecule has 0 fully saturated rings. The van der Waals surface area contributed by atoms with Gasteiger partial charge in [-0.1, -0.05) is 218 Å². The van der Waals surface area contributed by atoms with Gasteiger partial charge in [0.15, 0.2) is 17.5 Å². The Bertz CT molecular complexity index is 3590. The Morgan fingerprint density at radius 1 is 0.215 bits per heavy atom. The molecule has 12 rings (SSSR count). The van der Waals surface area contributed by atoms with Crippen molar-refractivity contribution in [2.75, 3.05) is 0 Å². The van der Waals surface area contributed by atoms with Gasteiger partial charge in [0.25, 0.3) is 0 Å². The van der Waals surface area contributed by atoms with E-state index in [2.05, 4.69) is 200 Å². The molecule has 304 valence electrons. The first kappa shape index (κ1) is 38.0. The Morgan fingerprint density at radius 2 is 0.600 bits per heavy atom. The standard InChI is InChI=1S/C61H39N3O/c1-3-15-41(16-4-1)47-19-7-11-24-54(47)60-62-59(63-61(64-60)55-25-12-8-20-48(55)42-17-5-2-6-18-42)45-33-31-44(32-34-45)50-37-36-49(51-21-9-10-22-52(50)51)43-29-27-40(28-30-43)46-35-38-58-56(39-46)53-23-13-14-26-57(53)65-58/h1-39H. The third-order valence-electron chi connectivity index (χ3n) is 12.4.